The Kier molecular flexibility index (Phi) is 9.16. The third-order valence-electron chi connectivity index (χ3n) is 4.49. The molecule has 1 heterocycles. The van der Waals surface area contributed by atoms with Crippen LogP contribution < -0.4 is 20.1 Å². The fourth-order valence-corrected chi connectivity index (χ4v) is 4.94. The van der Waals surface area contributed by atoms with Crippen molar-refractivity contribution in [1.82, 2.24) is 5.32 Å². The molecule has 0 aliphatic carbocycles. The minimum atomic E-state index is -0.450. The number of esters is 1. The van der Waals surface area contributed by atoms with Crippen LogP contribution in [0.2, 0.25) is 5.02 Å². The summed E-state index contributed by atoms with van der Waals surface area (Å²) in [4.78, 5) is 24.8. The lowest BCUT2D eigenvalue weighted by atomic mass is 10.2. The van der Waals surface area contributed by atoms with Crippen molar-refractivity contribution in [3.63, 3.8) is 0 Å². The summed E-state index contributed by atoms with van der Waals surface area (Å²) >= 11 is 9.60. The summed E-state index contributed by atoms with van der Waals surface area (Å²) in [6.07, 6.45) is 1.80. The van der Waals surface area contributed by atoms with E-state index in [1.54, 1.807) is 19.1 Å². The van der Waals surface area contributed by atoms with E-state index < -0.39 is 5.97 Å². The maximum Gasteiger partial charge on any atom is 0.344 e. The first kappa shape index (κ1) is 25.5. The van der Waals surface area contributed by atoms with Crippen molar-refractivity contribution in [3.8, 4) is 11.5 Å². The highest BCUT2D eigenvalue weighted by Gasteiger charge is 2.28. The molecule has 0 radical (unpaired) electrons. The largest absolute Gasteiger partial charge is 0.490 e. The van der Waals surface area contributed by atoms with E-state index in [-0.39, 0.29) is 24.6 Å². The van der Waals surface area contributed by atoms with E-state index in [2.05, 4.69) is 33.2 Å². The average Bonchev–Trinajstić information content (AvgIpc) is 3.09. The molecule has 0 spiro atoms. The Morgan fingerprint density at radius 2 is 2.03 bits per heavy atom. The maximum absolute atomic E-state index is 12.6. The van der Waals surface area contributed by atoms with Gasteiger partial charge in [-0.15, -0.1) is 0 Å². The summed E-state index contributed by atoms with van der Waals surface area (Å²) < 4.78 is 17.0. The molecule has 1 aliphatic heterocycles. The standard InChI is InChI=1S/C23H24ClIN2O5S/c1-4-30-18-9-14(8-16(25)21(18)32-12-20(28)31-5-2)10-19-22(29)27-23(33-19)26-17-11-15(24)7-6-13(17)3/h6-11,23,26H,4-5,12H2,1-3H3,(H,27,29)/b19-10-. The van der Waals surface area contributed by atoms with Crippen LogP contribution in [0, 0.1) is 10.5 Å². The first-order chi connectivity index (χ1) is 15.8. The van der Waals surface area contributed by atoms with Gasteiger partial charge in [0, 0.05) is 10.7 Å². The van der Waals surface area contributed by atoms with Gasteiger partial charge in [-0.25, -0.2) is 4.79 Å². The molecule has 1 aliphatic rings. The zero-order chi connectivity index (χ0) is 24.0. The molecule has 1 unspecified atom stereocenters. The van der Waals surface area contributed by atoms with Crippen LogP contribution in [0.3, 0.4) is 0 Å². The molecule has 1 saturated heterocycles. The second kappa shape index (κ2) is 11.8. The summed E-state index contributed by atoms with van der Waals surface area (Å²) in [5, 5.41) is 6.85. The van der Waals surface area contributed by atoms with Gasteiger partial charge in [-0.1, -0.05) is 29.4 Å². The summed E-state index contributed by atoms with van der Waals surface area (Å²) in [5.41, 5.74) is 2.35. The smallest absolute Gasteiger partial charge is 0.344 e. The van der Waals surface area contributed by atoms with E-state index in [1.165, 1.54) is 11.8 Å². The Labute approximate surface area is 215 Å². The predicted octanol–water partition coefficient (Wildman–Crippen LogP) is 5.19. The molecule has 0 saturated carbocycles. The van der Waals surface area contributed by atoms with Gasteiger partial charge in [0.1, 0.15) is 0 Å². The van der Waals surface area contributed by atoms with Crippen LogP contribution in [-0.2, 0) is 14.3 Å². The number of ether oxygens (including phenoxy) is 3. The van der Waals surface area contributed by atoms with Gasteiger partial charge in [-0.2, -0.15) is 0 Å². The first-order valence-corrected chi connectivity index (χ1v) is 12.6. The molecule has 3 rings (SSSR count). The van der Waals surface area contributed by atoms with E-state index in [1.807, 2.05) is 38.1 Å². The number of anilines is 1. The quantitative estimate of drug-likeness (QED) is 0.232. The normalized spacial score (nSPS) is 16.5. The van der Waals surface area contributed by atoms with Crippen molar-refractivity contribution < 1.29 is 23.8 Å². The zero-order valence-corrected chi connectivity index (χ0v) is 22.1. The van der Waals surface area contributed by atoms with Crippen molar-refractivity contribution in [2.24, 2.45) is 0 Å². The van der Waals surface area contributed by atoms with E-state index in [0.29, 0.717) is 28.0 Å². The molecule has 2 N–H and O–H groups in total. The number of halogens is 2. The molecule has 1 amide bonds. The molecule has 10 heteroatoms. The van der Waals surface area contributed by atoms with E-state index in [0.717, 1.165) is 20.4 Å². The Balaban J connectivity index is 1.78. The molecule has 1 fully saturated rings. The Morgan fingerprint density at radius 3 is 2.76 bits per heavy atom. The van der Waals surface area contributed by atoms with Crippen LogP contribution in [0.4, 0.5) is 5.69 Å². The van der Waals surface area contributed by atoms with Gasteiger partial charge in [0.25, 0.3) is 5.91 Å². The number of carbonyl (C=O) groups is 2. The van der Waals surface area contributed by atoms with Crippen molar-refractivity contribution in [2.45, 2.75) is 26.3 Å². The van der Waals surface area contributed by atoms with E-state index in [4.69, 9.17) is 25.8 Å². The van der Waals surface area contributed by atoms with Crippen molar-refractivity contribution >= 4 is 69.6 Å². The third kappa shape index (κ3) is 6.94. The third-order valence-corrected chi connectivity index (χ3v) is 6.55. The molecule has 176 valence electrons. The van der Waals surface area contributed by atoms with Crippen LogP contribution in [0.5, 0.6) is 11.5 Å². The molecular weight excluding hydrogens is 579 g/mol. The lowest BCUT2D eigenvalue weighted by Crippen LogP contribution is -2.31. The van der Waals surface area contributed by atoms with Gasteiger partial charge in [-0.05, 0) is 84.8 Å². The number of aryl methyl sites for hydroxylation is 1. The average molecular weight is 603 g/mol. The molecule has 0 bridgehead atoms. The number of nitrogens with one attached hydrogen (secondary N) is 2. The Bertz CT molecular complexity index is 1080. The Hall–Kier alpha value is -2.11. The van der Waals surface area contributed by atoms with Crippen molar-refractivity contribution in [1.29, 1.82) is 0 Å². The predicted molar refractivity (Wildman–Crippen MR) is 140 cm³/mol. The second-order valence-corrected chi connectivity index (χ2v) is 9.69. The molecule has 2 aromatic carbocycles. The van der Waals surface area contributed by atoms with Gasteiger partial charge in [0.05, 0.1) is 21.7 Å². The first-order valence-electron chi connectivity index (χ1n) is 10.3. The van der Waals surface area contributed by atoms with Crippen LogP contribution in [0.25, 0.3) is 6.08 Å². The van der Waals surface area contributed by atoms with Crippen LogP contribution in [0.1, 0.15) is 25.0 Å². The number of rotatable bonds is 9. The fraction of sp³-hybridized carbons (Fsp3) is 0.304. The minimum absolute atomic E-state index is 0.173. The molecule has 7 nitrogen and oxygen atoms in total. The molecule has 1 atom stereocenters. The summed E-state index contributed by atoms with van der Waals surface area (Å²) in [6, 6.07) is 9.23. The SMILES string of the molecule is CCOC(=O)COc1c(I)cc(/C=C2\SC(Nc3cc(Cl)ccc3C)NC2=O)cc1OCC. The number of benzene rings is 2. The number of thioether (sulfide) groups is 1. The van der Waals surface area contributed by atoms with Crippen LogP contribution >= 0.6 is 46.0 Å². The zero-order valence-electron chi connectivity index (χ0n) is 18.4. The monoisotopic (exact) mass is 602 g/mol. The lowest BCUT2D eigenvalue weighted by Gasteiger charge is -2.15. The Morgan fingerprint density at radius 1 is 1.24 bits per heavy atom. The van der Waals surface area contributed by atoms with Gasteiger partial charge < -0.3 is 24.8 Å². The van der Waals surface area contributed by atoms with Gasteiger partial charge in [0.2, 0.25) is 0 Å². The van der Waals surface area contributed by atoms with E-state index >= 15 is 0 Å². The highest BCUT2D eigenvalue weighted by Crippen LogP contribution is 2.37. The number of carbonyl (C=O) groups excluding carboxylic acids is 2. The number of hydrogen-bond acceptors (Lipinski definition) is 7. The van der Waals surface area contributed by atoms with Crippen LogP contribution in [0.15, 0.2) is 35.2 Å². The minimum Gasteiger partial charge on any atom is -0.490 e. The van der Waals surface area contributed by atoms with Gasteiger partial charge in [-0.3, -0.25) is 4.79 Å². The number of hydrogen-bond donors (Lipinski definition) is 2. The molecular formula is C23H24ClIN2O5S. The molecule has 33 heavy (non-hydrogen) atoms. The summed E-state index contributed by atoms with van der Waals surface area (Å²) in [5.74, 6) is 0.336. The molecule has 0 aromatic heterocycles. The maximum atomic E-state index is 12.6. The highest BCUT2D eigenvalue weighted by molar-refractivity contribution is 14.1. The van der Waals surface area contributed by atoms with Crippen molar-refractivity contribution in [3.05, 3.63) is 55.0 Å². The fourth-order valence-electron chi connectivity index (χ4n) is 3.02. The van der Waals surface area contributed by atoms with Crippen LogP contribution in [-0.4, -0.2) is 37.2 Å². The molecule has 2 aromatic rings. The second-order valence-electron chi connectivity index (χ2n) is 6.94. The van der Waals surface area contributed by atoms with Gasteiger partial charge >= 0.3 is 5.97 Å². The summed E-state index contributed by atoms with van der Waals surface area (Å²) in [6.45, 7) is 6.08. The van der Waals surface area contributed by atoms with Crippen molar-refractivity contribution in [2.75, 3.05) is 25.1 Å². The number of amides is 1. The topological polar surface area (TPSA) is 85.9 Å². The summed E-state index contributed by atoms with van der Waals surface area (Å²) in [7, 11) is 0. The lowest BCUT2D eigenvalue weighted by molar-refractivity contribution is -0.145. The van der Waals surface area contributed by atoms with E-state index in [9.17, 15) is 9.59 Å². The van der Waals surface area contributed by atoms with Gasteiger partial charge in [0.15, 0.2) is 23.6 Å². The highest BCUT2D eigenvalue weighted by atomic mass is 127.